The molecule has 1 saturated carbocycles. The molecule has 0 bridgehead atoms. The van der Waals surface area contributed by atoms with E-state index in [1.165, 1.54) is 23.2 Å². The van der Waals surface area contributed by atoms with Crippen molar-refractivity contribution < 1.29 is 38.6 Å². The van der Waals surface area contributed by atoms with Gasteiger partial charge in [0.2, 0.25) is 0 Å². The lowest BCUT2D eigenvalue weighted by molar-refractivity contribution is 0.0492. The molecule has 1 aliphatic carbocycles. The van der Waals surface area contributed by atoms with Crippen LogP contribution in [0, 0.1) is 34.8 Å². The third kappa shape index (κ3) is 6.41. The molecule has 4 atom stereocenters. The molecular formula is C42H48F6N6O2Si. The van der Waals surface area contributed by atoms with E-state index in [0.29, 0.717) is 13.0 Å². The number of anilines is 2. The predicted molar refractivity (Wildman–Crippen MR) is 211 cm³/mol. The van der Waals surface area contributed by atoms with Crippen molar-refractivity contribution in [1.82, 2.24) is 19.9 Å². The van der Waals surface area contributed by atoms with Crippen LogP contribution >= 0.6 is 0 Å². The number of hydrogen-bond donors (Lipinski definition) is 1. The van der Waals surface area contributed by atoms with E-state index in [4.69, 9.17) is 17.9 Å². The summed E-state index contributed by atoms with van der Waals surface area (Å²) < 4.78 is 124. The number of benzene rings is 2. The molecule has 8 rings (SSSR count). The third-order valence-electron chi connectivity index (χ3n) is 12.8. The molecule has 0 radical (unpaired) electrons. The number of nitrogens with two attached hydrogens (primary N) is 1. The van der Waals surface area contributed by atoms with Crippen molar-refractivity contribution in [2.24, 2.45) is 5.92 Å². The largest absolute Gasteiger partial charge is 0.461 e. The summed E-state index contributed by atoms with van der Waals surface area (Å²) in [6.45, 7) is 10.1. The van der Waals surface area contributed by atoms with Crippen LogP contribution in [0.2, 0.25) is 16.6 Å². The molecule has 2 aromatic carbocycles. The van der Waals surface area contributed by atoms with Crippen LogP contribution in [0.15, 0.2) is 24.4 Å². The van der Waals surface area contributed by atoms with Crippen molar-refractivity contribution in [2.45, 2.75) is 101 Å². The number of halogens is 6. The van der Waals surface area contributed by atoms with Crippen LogP contribution in [-0.4, -0.2) is 91.0 Å². The number of nitrogen functional groups attached to an aromatic ring is 1. The Morgan fingerprint density at radius 2 is 1.79 bits per heavy atom. The molecular weight excluding hydrogens is 763 g/mol. The van der Waals surface area contributed by atoms with Crippen LogP contribution in [-0.2, 0) is 4.74 Å². The first-order valence-corrected chi connectivity index (χ1v) is 21.9. The Morgan fingerprint density at radius 3 is 2.51 bits per heavy atom. The van der Waals surface area contributed by atoms with Crippen LogP contribution in [0.5, 0.6) is 6.01 Å². The zero-order valence-electron chi connectivity index (χ0n) is 34.8. The van der Waals surface area contributed by atoms with Crippen LogP contribution in [0.3, 0.4) is 0 Å². The Labute approximate surface area is 332 Å². The van der Waals surface area contributed by atoms with Gasteiger partial charge in [-0.3, -0.25) is 9.88 Å². The molecule has 4 aromatic rings. The minimum absolute atomic E-state index is 0.0168. The number of aromatic nitrogens is 3. The lowest BCUT2D eigenvalue weighted by Crippen LogP contribution is -2.43. The van der Waals surface area contributed by atoms with E-state index >= 15 is 22.0 Å². The monoisotopic (exact) mass is 812 g/mol. The van der Waals surface area contributed by atoms with Crippen molar-refractivity contribution in [3.05, 3.63) is 47.4 Å². The van der Waals surface area contributed by atoms with Gasteiger partial charge in [-0.05, 0) is 59.6 Å². The summed E-state index contributed by atoms with van der Waals surface area (Å²) >= 11 is 0. The Morgan fingerprint density at radius 1 is 1.05 bits per heavy atom. The Bertz CT molecular complexity index is 2390. The van der Waals surface area contributed by atoms with Gasteiger partial charge in [0.25, 0.3) is 5.92 Å². The highest BCUT2D eigenvalue weighted by atomic mass is 28.3. The fourth-order valence-electron chi connectivity index (χ4n) is 10.0. The zero-order valence-corrected chi connectivity index (χ0v) is 33.8. The summed E-state index contributed by atoms with van der Waals surface area (Å²) in [4.78, 5) is 16.2. The molecule has 8 nitrogen and oxygen atoms in total. The highest BCUT2D eigenvalue weighted by Gasteiger charge is 2.71. The average molecular weight is 813 g/mol. The summed E-state index contributed by atoms with van der Waals surface area (Å²) in [5.74, 6) is -4.98. The first-order valence-electron chi connectivity index (χ1n) is 20.7. The molecule has 15 heteroatoms. The Hall–Kier alpha value is -4.13. The highest BCUT2D eigenvalue weighted by molar-refractivity contribution is 6.90. The standard InChI is InChI=1S/C42H48F6N6O2Si/c1-22(2)57(23(3)4,24(5)6)13-8-28-33-25(15-32(44)34(28)45)14-27(49)16-29(33)36-35(46)37-30(18-50-36)39(54-11-12-55-20-31-38(54)42(31,47)48)52-40(51-37)56-21-41-9-7-10-53(41)19-26(43)17-41/h14-16,18,22-24,26,31,38H,7,9-12,17,19-21,49H2,1-6H3/t26-,31+,38-,41+/m1/s1/i21D2. The van der Waals surface area contributed by atoms with Gasteiger partial charge in [0, 0.05) is 42.3 Å². The molecule has 3 aliphatic heterocycles. The topological polar surface area (TPSA) is 89.6 Å². The van der Waals surface area contributed by atoms with Gasteiger partial charge in [0.15, 0.2) is 17.5 Å². The maximum absolute atomic E-state index is 17.5. The summed E-state index contributed by atoms with van der Waals surface area (Å²) in [7, 11) is -2.50. The fraction of sp³-hybridized carbons (Fsp3) is 0.548. The van der Waals surface area contributed by atoms with Crippen molar-refractivity contribution in [2.75, 3.05) is 50.0 Å². The number of ether oxygens (including phenoxy) is 2. The second-order valence-corrected chi connectivity index (χ2v) is 22.5. The van der Waals surface area contributed by atoms with Gasteiger partial charge in [-0.1, -0.05) is 47.5 Å². The minimum atomic E-state index is -3.17. The van der Waals surface area contributed by atoms with E-state index in [-0.39, 0.29) is 100 Å². The van der Waals surface area contributed by atoms with Crippen LogP contribution in [0.1, 0.15) is 69.1 Å². The van der Waals surface area contributed by atoms with Crippen molar-refractivity contribution in [3.8, 4) is 28.7 Å². The Balaban J connectivity index is 1.35. The van der Waals surface area contributed by atoms with E-state index in [1.807, 2.05) is 0 Å². The number of nitrogens with zero attached hydrogens (tertiary/aromatic N) is 5. The van der Waals surface area contributed by atoms with Gasteiger partial charge in [0.1, 0.15) is 43.9 Å². The van der Waals surface area contributed by atoms with Crippen LogP contribution < -0.4 is 15.4 Å². The van der Waals surface area contributed by atoms with Gasteiger partial charge < -0.3 is 20.1 Å². The molecule has 0 amide bonds. The van der Waals surface area contributed by atoms with Gasteiger partial charge in [0.05, 0.1) is 38.4 Å². The quantitative estimate of drug-likeness (QED) is 0.0818. The molecule has 0 unspecified atom stereocenters. The molecule has 4 fully saturated rings. The first kappa shape index (κ1) is 37.2. The van der Waals surface area contributed by atoms with E-state index in [1.54, 1.807) is 4.90 Å². The average Bonchev–Trinajstić information content (AvgIpc) is 3.32. The summed E-state index contributed by atoms with van der Waals surface area (Å²) in [5.41, 5.74) is 7.81. The molecule has 304 valence electrons. The van der Waals surface area contributed by atoms with E-state index < -0.39 is 73.2 Å². The highest BCUT2D eigenvalue weighted by Crippen LogP contribution is 2.55. The molecule has 0 spiro atoms. The van der Waals surface area contributed by atoms with Crippen LogP contribution in [0.4, 0.5) is 37.8 Å². The maximum atomic E-state index is 17.5. The van der Waals surface area contributed by atoms with Gasteiger partial charge >= 0.3 is 6.01 Å². The van der Waals surface area contributed by atoms with Crippen molar-refractivity contribution >= 4 is 41.3 Å². The Kier molecular flexibility index (Phi) is 9.32. The van der Waals surface area contributed by atoms with Crippen molar-refractivity contribution in [1.29, 1.82) is 0 Å². The maximum Gasteiger partial charge on any atom is 0.319 e. The third-order valence-corrected chi connectivity index (χ3v) is 19.1. The number of hydrogen-bond acceptors (Lipinski definition) is 8. The number of fused-ring (bicyclic) bond motifs is 4. The summed E-state index contributed by atoms with van der Waals surface area (Å²) in [5, 5.41) is 0.121. The first-order chi connectivity index (χ1) is 27.7. The fourth-order valence-corrected chi connectivity index (χ4v) is 15.2. The zero-order chi connectivity index (χ0) is 42.6. The van der Waals surface area contributed by atoms with Gasteiger partial charge in [-0.15, -0.1) is 5.54 Å². The lowest BCUT2D eigenvalue weighted by atomic mass is 9.95. The predicted octanol–water partition coefficient (Wildman–Crippen LogP) is 8.84. The number of rotatable bonds is 8. The van der Waals surface area contributed by atoms with Gasteiger partial charge in [-0.2, -0.15) is 9.97 Å². The van der Waals surface area contributed by atoms with Gasteiger partial charge in [-0.25, -0.2) is 26.3 Å². The van der Waals surface area contributed by atoms with Crippen LogP contribution in [0.25, 0.3) is 32.9 Å². The summed E-state index contributed by atoms with van der Waals surface area (Å²) in [6.07, 6.45) is 0.625. The van der Waals surface area contributed by atoms with E-state index in [0.717, 1.165) is 6.07 Å². The number of pyridine rings is 1. The number of alkyl halides is 3. The molecule has 2 aromatic heterocycles. The normalized spacial score (nSPS) is 25.4. The van der Waals surface area contributed by atoms with E-state index in [9.17, 15) is 4.39 Å². The minimum Gasteiger partial charge on any atom is -0.461 e. The molecule has 5 heterocycles. The lowest BCUT2D eigenvalue weighted by Gasteiger charge is -2.38. The molecule has 4 aliphatic rings. The van der Waals surface area contributed by atoms with Crippen molar-refractivity contribution in [3.63, 3.8) is 0 Å². The second kappa shape index (κ2) is 14.3. The van der Waals surface area contributed by atoms with E-state index in [2.05, 4.69) is 68.0 Å². The second-order valence-electron chi connectivity index (χ2n) is 17.0. The summed E-state index contributed by atoms with van der Waals surface area (Å²) in [6, 6.07) is 1.75. The molecule has 57 heavy (non-hydrogen) atoms. The smallest absolute Gasteiger partial charge is 0.319 e. The molecule has 3 saturated heterocycles. The molecule has 2 N–H and O–H groups in total. The SMILES string of the molecule is [2H]C([2H])(Oc1nc(N2CCOC[C@H]3[C@@H]2C3(F)F)c2cnc(-c3cc(N)cc4cc(F)c(F)c(C#C[Si](C(C)C)(C(C)C)C(C)C)c34)c(F)c2n1)[C@@]12CCCN1C[C@H](F)C2.